The van der Waals surface area contributed by atoms with Crippen LogP contribution < -0.4 is 15.8 Å². The van der Waals surface area contributed by atoms with Crippen molar-refractivity contribution < 1.29 is 18.7 Å². The van der Waals surface area contributed by atoms with Crippen LogP contribution in [0.1, 0.15) is 31.7 Å². The van der Waals surface area contributed by atoms with Gasteiger partial charge in [-0.25, -0.2) is 4.39 Å². The molecule has 2 aliphatic rings. The van der Waals surface area contributed by atoms with Crippen LogP contribution in [-0.2, 0) is 9.53 Å². The monoisotopic (exact) mass is 374 g/mol. The van der Waals surface area contributed by atoms with Crippen LogP contribution in [0.3, 0.4) is 0 Å². The summed E-state index contributed by atoms with van der Waals surface area (Å²) in [5.41, 5.74) is 7.58. The molecule has 0 saturated heterocycles. The first-order chi connectivity index (χ1) is 13.0. The van der Waals surface area contributed by atoms with Gasteiger partial charge in [0, 0.05) is 25.3 Å². The first kappa shape index (κ1) is 19.6. The second kappa shape index (κ2) is 8.23. The third kappa shape index (κ3) is 4.39. The molecule has 0 radical (unpaired) electrons. The topological polar surface area (TPSA) is 73.6 Å². The van der Waals surface area contributed by atoms with Gasteiger partial charge in [0.05, 0.1) is 17.8 Å². The van der Waals surface area contributed by atoms with Gasteiger partial charge < -0.3 is 20.5 Å². The summed E-state index contributed by atoms with van der Waals surface area (Å²) in [6.45, 7) is 2.24. The van der Waals surface area contributed by atoms with Gasteiger partial charge in [0.2, 0.25) is 5.91 Å². The second-order valence-electron chi connectivity index (χ2n) is 7.55. The van der Waals surface area contributed by atoms with Gasteiger partial charge in [0.25, 0.3) is 0 Å². The van der Waals surface area contributed by atoms with Gasteiger partial charge >= 0.3 is 0 Å². The van der Waals surface area contributed by atoms with E-state index in [0.29, 0.717) is 24.1 Å². The molecule has 5 nitrogen and oxygen atoms in total. The molecule has 3 N–H and O–H groups in total. The summed E-state index contributed by atoms with van der Waals surface area (Å²) in [7, 11) is 1.70. The van der Waals surface area contributed by atoms with E-state index < -0.39 is 5.41 Å². The van der Waals surface area contributed by atoms with E-state index in [1.54, 1.807) is 7.11 Å². The molecule has 1 saturated carbocycles. The molecule has 27 heavy (non-hydrogen) atoms. The Hall–Kier alpha value is -2.18. The summed E-state index contributed by atoms with van der Waals surface area (Å²) in [5.74, 6) is 0.739. The van der Waals surface area contributed by atoms with Gasteiger partial charge in [-0.15, -0.1) is 0 Å². The average Bonchev–Trinajstić information content (AvgIpc) is 2.62. The lowest BCUT2D eigenvalue weighted by molar-refractivity contribution is -0.130. The van der Waals surface area contributed by atoms with E-state index in [4.69, 9.17) is 15.2 Å². The summed E-state index contributed by atoms with van der Waals surface area (Å²) in [6, 6.07) is 7.82. The summed E-state index contributed by atoms with van der Waals surface area (Å²) in [5, 5.41) is 3.11. The van der Waals surface area contributed by atoms with Gasteiger partial charge in [-0.3, -0.25) is 4.79 Å². The molecule has 1 aromatic carbocycles. The Morgan fingerprint density at radius 3 is 2.59 bits per heavy atom. The summed E-state index contributed by atoms with van der Waals surface area (Å²) in [6.07, 6.45) is 5.28. The van der Waals surface area contributed by atoms with E-state index in [1.165, 1.54) is 0 Å². The van der Waals surface area contributed by atoms with Crippen molar-refractivity contribution in [3.05, 3.63) is 47.8 Å². The number of benzene rings is 1. The van der Waals surface area contributed by atoms with E-state index in [9.17, 15) is 9.18 Å². The second-order valence-corrected chi connectivity index (χ2v) is 7.55. The van der Waals surface area contributed by atoms with Crippen LogP contribution in [-0.4, -0.2) is 38.3 Å². The highest BCUT2D eigenvalue weighted by Gasteiger charge is 2.41. The molecule has 1 atom stereocenters. The normalized spacial score (nSPS) is 27.3. The van der Waals surface area contributed by atoms with Gasteiger partial charge in [-0.05, 0) is 49.5 Å². The zero-order valence-electron chi connectivity index (χ0n) is 15.8. The predicted octanol–water partition coefficient (Wildman–Crippen LogP) is 2.96. The number of amides is 1. The molecular weight excluding hydrogens is 347 g/mol. The lowest BCUT2D eigenvalue weighted by Gasteiger charge is -2.40. The van der Waals surface area contributed by atoms with Crippen LogP contribution >= 0.6 is 0 Å². The quantitative estimate of drug-likeness (QED) is 0.734. The highest BCUT2D eigenvalue weighted by molar-refractivity contribution is 5.93. The van der Waals surface area contributed by atoms with Crippen molar-refractivity contribution in [1.82, 2.24) is 5.32 Å². The number of halogens is 1. The number of rotatable bonds is 8. The molecule has 3 rings (SSSR count). The zero-order valence-corrected chi connectivity index (χ0v) is 15.8. The molecule has 146 valence electrons. The third-order valence-corrected chi connectivity index (χ3v) is 5.40. The fourth-order valence-corrected chi connectivity index (χ4v) is 3.38. The number of carbonyl (C=O) groups is 1. The first-order valence-electron chi connectivity index (χ1n) is 9.24. The Balaban J connectivity index is 1.53. The number of methoxy groups -OCH3 is 1. The fraction of sp³-hybridized carbons (Fsp3) is 0.476. The number of hydrogen-bond donors (Lipinski definition) is 2. The molecule has 0 bridgehead atoms. The maximum Gasteiger partial charge on any atom is 0.230 e. The van der Waals surface area contributed by atoms with Crippen molar-refractivity contribution in [2.24, 2.45) is 11.1 Å². The molecular formula is C21H27FN2O3. The van der Waals surface area contributed by atoms with E-state index in [0.717, 1.165) is 24.0 Å². The van der Waals surface area contributed by atoms with Crippen LogP contribution in [0.15, 0.2) is 42.2 Å². The molecule has 1 amide bonds. The van der Waals surface area contributed by atoms with E-state index >= 15 is 0 Å². The number of ether oxygens (including phenoxy) is 2. The number of carbonyl (C=O) groups excluding carboxylic acids is 1. The molecule has 6 heteroatoms. The highest BCUT2D eigenvalue weighted by Crippen LogP contribution is 2.44. The number of nitrogens with one attached hydrogen (secondary N) is 1. The first-order valence-corrected chi connectivity index (χ1v) is 9.24. The maximum atomic E-state index is 12.5. The predicted molar refractivity (Wildman–Crippen MR) is 103 cm³/mol. The van der Waals surface area contributed by atoms with Gasteiger partial charge in [0.1, 0.15) is 12.4 Å². The maximum absolute atomic E-state index is 12.5. The van der Waals surface area contributed by atoms with Crippen LogP contribution in [0.2, 0.25) is 0 Å². The molecule has 0 aromatic heterocycles. The minimum atomic E-state index is -0.454. The van der Waals surface area contributed by atoms with Gasteiger partial charge in [-0.2, -0.15) is 0 Å². The standard InChI is InChI=1S/C21H27FN2O3/c1-21(20(25)24-17-7-19(8-17)26-2)9-16(10-21)15-3-5-18(6-4-15)27-13-14(11-22)12-23/h3-6,9,11,17,19H,7-8,10,12-13,23H2,1-2H3,(H,24,25)/b14-11+. The van der Waals surface area contributed by atoms with E-state index in [2.05, 4.69) is 5.32 Å². The lowest BCUT2D eigenvalue weighted by Crippen LogP contribution is -2.52. The van der Waals surface area contributed by atoms with E-state index in [-0.39, 0.29) is 31.2 Å². The van der Waals surface area contributed by atoms with Crippen molar-refractivity contribution in [2.75, 3.05) is 20.3 Å². The lowest BCUT2D eigenvalue weighted by atomic mass is 9.69. The van der Waals surface area contributed by atoms with Crippen molar-refractivity contribution in [3.8, 4) is 5.75 Å². The minimum absolute atomic E-state index is 0.0816. The van der Waals surface area contributed by atoms with Gasteiger partial charge in [0.15, 0.2) is 0 Å². The van der Waals surface area contributed by atoms with Crippen LogP contribution in [0.25, 0.3) is 5.57 Å². The van der Waals surface area contributed by atoms with Crippen LogP contribution in [0.5, 0.6) is 5.75 Å². The minimum Gasteiger partial charge on any atom is -0.489 e. The van der Waals surface area contributed by atoms with E-state index in [1.807, 2.05) is 37.3 Å². The Bertz CT molecular complexity index is 738. The Labute approximate surface area is 159 Å². The largest absolute Gasteiger partial charge is 0.489 e. The Kier molecular flexibility index (Phi) is 5.97. The molecule has 2 aliphatic carbocycles. The smallest absolute Gasteiger partial charge is 0.230 e. The average molecular weight is 374 g/mol. The Morgan fingerprint density at radius 1 is 1.37 bits per heavy atom. The molecule has 0 aliphatic heterocycles. The molecule has 0 heterocycles. The van der Waals surface area contributed by atoms with Crippen molar-refractivity contribution >= 4 is 11.5 Å². The van der Waals surface area contributed by atoms with Crippen LogP contribution in [0, 0.1) is 5.41 Å². The van der Waals surface area contributed by atoms with Gasteiger partial charge in [-0.1, -0.05) is 18.2 Å². The third-order valence-electron chi connectivity index (χ3n) is 5.40. The van der Waals surface area contributed by atoms with Crippen molar-refractivity contribution in [1.29, 1.82) is 0 Å². The highest BCUT2D eigenvalue weighted by atomic mass is 19.1. The number of allylic oxidation sites excluding steroid dienone is 1. The summed E-state index contributed by atoms with van der Waals surface area (Å²) in [4.78, 5) is 12.5. The molecule has 1 unspecified atom stereocenters. The summed E-state index contributed by atoms with van der Waals surface area (Å²) >= 11 is 0. The Morgan fingerprint density at radius 2 is 2.04 bits per heavy atom. The van der Waals surface area contributed by atoms with Crippen molar-refractivity contribution in [2.45, 2.75) is 38.3 Å². The fourth-order valence-electron chi connectivity index (χ4n) is 3.38. The zero-order chi connectivity index (χ0) is 19.4. The summed E-state index contributed by atoms with van der Waals surface area (Å²) < 4.78 is 23.3. The number of nitrogens with two attached hydrogens (primary N) is 1. The van der Waals surface area contributed by atoms with Crippen LogP contribution in [0.4, 0.5) is 4.39 Å². The van der Waals surface area contributed by atoms with Crippen molar-refractivity contribution in [3.63, 3.8) is 0 Å². The molecule has 1 fully saturated rings. The SMILES string of the molecule is COC1CC(NC(=O)C2(C)C=C(c3ccc(OC/C(=C/F)CN)cc3)C2)C1. The molecule has 0 spiro atoms. The number of hydrogen-bond acceptors (Lipinski definition) is 4. The molecule has 1 aromatic rings.